The smallest absolute Gasteiger partial charge is 0.142 e. The van der Waals surface area contributed by atoms with E-state index in [1.807, 2.05) is 12.2 Å². The molecule has 0 heterocycles. The van der Waals surface area contributed by atoms with Crippen LogP contribution in [0.1, 0.15) is 26.2 Å². The maximum atomic E-state index is 10.0. The van der Waals surface area contributed by atoms with Crippen LogP contribution in [-0.4, -0.2) is 6.29 Å². The maximum Gasteiger partial charge on any atom is 0.142 e. The minimum atomic E-state index is 0.502. The summed E-state index contributed by atoms with van der Waals surface area (Å²) in [6.45, 7) is 5.72. The quantitative estimate of drug-likeness (QED) is 0.253. The first-order valence-corrected chi connectivity index (χ1v) is 4.70. The van der Waals surface area contributed by atoms with E-state index in [-0.39, 0.29) is 0 Å². The lowest BCUT2D eigenvalue weighted by atomic mass is 10.0. The molecule has 0 aromatic rings. The zero-order valence-corrected chi connectivity index (χ0v) is 8.28. The first kappa shape index (κ1) is 11.9. The van der Waals surface area contributed by atoms with E-state index in [9.17, 15) is 4.79 Å². The highest BCUT2D eigenvalue weighted by Crippen LogP contribution is 2.09. The number of aldehydes is 1. The highest BCUT2D eigenvalue weighted by atomic mass is 16.1. The van der Waals surface area contributed by atoms with E-state index in [4.69, 9.17) is 0 Å². The average Bonchev–Trinajstić information content (AvgIpc) is 2.14. The SMILES string of the molecule is C=C/C=C/CCCC(C)/C=C/C=O. The molecule has 0 saturated carbocycles. The minimum Gasteiger partial charge on any atom is -0.299 e. The van der Waals surface area contributed by atoms with E-state index in [2.05, 4.69) is 19.6 Å². The second-order valence-electron chi connectivity index (χ2n) is 3.09. The van der Waals surface area contributed by atoms with Crippen LogP contribution in [0.25, 0.3) is 0 Å². The highest BCUT2D eigenvalue weighted by Gasteiger charge is 1.94. The molecule has 0 aromatic carbocycles. The van der Waals surface area contributed by atoms with E-state index in [1.165, 1.54) is 0 Å². The van der Waals surface area contributed by atoms with Gasteiger partial charge >= 0.3 is 0 Å². The molecule has 13 heavy (non-hydrogen) atoms. The van der Waals surface area contributed by atoms with Crippen LogP contribution in [0, 0.1) is 5.92 Å². The molecule has 1 unspecified atom stereocenters. The van der Waals surface area contributed by atoms with Crippen LogP contribution in [0.3, 0.4) is 0 Å². The van der Waals surface area contributed by atoms with Gasteiger partial charge in [-0.1, -0.05) is 37.8 Å². The molecule has 0 aliphatic heterocycles. The van der Waals surface area contributed by atoms with Gasteiger partial charge in [0.15, 0.2) is 0 Å². The third-order valence-corrected chi connectivity index (χ3v) is 1.82. The van der Waals surface area contributed by atoms with Gasteiger partial charge in [-0.15, -0.1) is 0 Å². The third kappa shape index (κ3) is 8.80. The molecule has 0 radical (unpaired) electrons. The predicted molar refractivity (Wildman–Crippen MR) is 57.6 cm³/mol. The third-order valence-electron chi connectivity index (χ3n) is 1.82. The number of carbonyl (C=O) groups is 1. The molecule has 0 N–H and O–H groups in total. The van der Waals surface area contributed by atoms with Crippen molar-refractivity contribution in [1.82, 2.24) is 0 Å². The lowest BCUT2D eigenvalue weighted by molar-refractivity contribution is -0.104. The largest absolute Gasteiger partial charge is 0.299 e. The Hall–Kier alpha value is -1.11. The summed E-state index contributed by atoms with van der Waals surface area (Å²) in [5.41, 5.74) is 0. The van der Waals surface area contributed by atoms with Gasteiger partial charge in [0.2, 0.25) is 0 Å². The number of allylic oxidation sites excluding steroid dienone is 5. The maximum absolute atomic E-state index is 10.0. The fraction of sp³-hybridized carbons (Fsp3) is 0.417. The summed E-state index contributed by atoms with van der Waals surface area (Å²) in [7, 11) is 0. The van der Waals surface area contributed by atoms with Crippen LogP contribution in [-0.2, 0) is 4.79 Å². The summed E-state index contributed by atoms with van der Waals surface area (Å²) in [5, 5.41) is 0. The van der Waals surface area contributed by atoms with Gasteiger partial charge in [-0.05, 0) is 31.3 Å². The van der Waals surface area contributed by atoms with Crippen LogP contribution in [0.5, 0.6) is 0 Å². The highest BCUT2D eigenvalue weighted by molar-refractivity contribution is 5.64. The van der Waals surface area contributed by atoms with Gasteiger partial charge in [0.1, 0.15) is 6.29 Å². The van der Waals surface area contributed by atoms with Crippen molar-refractivity contribution in [2.24, 2.45) is 5.92 Å². The first-order chi connectivity index (χ1) is 6.31. The molecule has 1 atom stereocenters. The van der Waals surface area contributed by atoms with Gasteiger partial charge in [-0.25, -0.2) is 0 Å². The van der Waals surface area contributed by atoms with E-state index < -0.39 is 0 Å². The standard InChI is InChI=1S/C12H18O/c1-3-4-5-6-7-9-12(2)10-8-11-13/h3-5,8,10-12H,1,6-7,9H2,2H3/b5-4+,10-8+. The molecule has 0 bridgehead atoms. The molecule has 0 aliphatic carbocycles. The molecular formula is C12H18O. The summed E-state index contributed by atoms with van der Waals surface area (Å²) in [4.78, 5) is 10.0. The van der Waals surface area contributed by atoms with Gasteiger partial charge in [-0.2, -0.15) is 0 Å². The van der Waals surface area contributed by atoms with Crippen LogP contribution in [0.15, 0.2) is 37.0 Å². The topological polar surface area (TPSA) is 17.1 Å². The van der Waals surface area contributed by atoms with Crippen molar-refractivity contribution in [2.75, 3.05) is 0 Å². The Balaban J connectivity index is 3.41. The van der Waals surface area contributed by atoms with Gasteiger partial charge in [-0.3, -0.25) is 4.79 Å². The molecule has 0 saturated heterocycles. The van der Waals surface area contributed by atoms with Crippen LogP contribution in [0.4, 0.5) is 0 Å². The second kappa shape index (κ2) is 8.98. The van der Waals surface area contributed by atoms with Crippen LogP contribution in [0.2, 0.25) is 0 Å². The molecule has 0 fully saturated rings. The fourth-order valence-electron chi connectivity index (χ4n) is 1.08. The van der Waals surface area contributed by atoms with Crippen LogP contribution < -0.4 is 0 Å². The Morgan fingerprint density at radius 1 is 1.38 bits per heavy atom. The zero-order chi connectivity index (χ0) is 9.94. The second-order valence-corrected chi connectivity index (χ2v) is 3.09. The Kier molecular flexibility index (Phi) is 8.21. The summed E-state index contributed by atoms with van der Waals surface area (Å²) < 4.78 is 0. The fourth-order valence-corrected chi connectivity index (χ4v) is 1.08. The molecule has 0 aliphatic rings. The van der Waals surface area contributed by atoms with E-state index in [1.54, 1.807) is 12.2 Å². The Morgan fingerprint density at radius 3 is 2.77 bits per heavy atom. The average molecular weight is 178 g/mol. The number of hydrogen-bond acceptors (Lipinski definition) is 1. The molecular weight excluding hydrogens is 160 g/mol. The van der Waals surface area contributed by atoms with Gasteiger partial charge in [0.05, 0.1) is 0 Å². The van der Waals surface area contributed by atoms with Gasteiger partial charge in [0, 0.05) is 0 Å². The van der Waals surface area contributed by atoms with E-state index in [0.717, 1.165) is 25.5 Å². The summed E-state index contributed by atoms with van der Waals surface area (Å²) in [5.74, 6) is 0.502. The first-order valence-electron chi connectivity index (χ1n) is 4.70. The van der Waals surface area contributed by atoms with Crippen molar-refractivity contribution < 1.29 is 4.79 Å². The zero-order valence-electron chi connectivity index (χ0n) is 8.28. The molecule has 0 aromatic heterocycles. The molecule has 0 rings (SSSR count). The van der Waals surface area contributed by atoms with Crippen molar-refractivity contribution in [2.45, 2.75) is 26.2 Å². The Labute approximate surface area is 80.8 Å². The van der Waals surface area contributed by atoms with Crippen molar-refractivity contribution in [3.8, 4) is 0 Å². The summed E-state index contributed by atoms with van der Waals surface area (Å²) >= 11 is 0. The number of hydrogen-bond donors (Lipinski definition) is 0. The molecule has 72 valence electrons. The number of carbonyl (C=O) groups excluding carboxylic acids is 1. The van der Waals surface area contributed by atoms with E-state index >= 15 is 0 Å². The normalized spacial score (nSPS) is 13.6. The molecule has 1 heteroatoms. The molecule has 0 spiro atoms. The Morgan fingerprint density at radius 2 is 2.15 bits per heavy atom. The monoisotopic (exact) mass is 178 g/mol. The summed E-state index contributed by atoms with van der Waals surface area (Å²) in [6, 6.07) is 0. The Bertz CT molecular complexity index is 189. The van der Waals surface area contributed by atoms with Gasteiger partial charge < -0.3 is 0 Å². The van der Waals surface area contributed by atoms with Crippen LogP contribution >= 0.6 is 0 Å². The summed E-state index contributed by atoms with van der Waals surface area (Å²) in [6.07, 6.45) is 13.6. The molecule has 1 nitrogen and oxygen atoms in total. The molecule has 0 amide bonds. The van der Waals surface area contributed by atoms with Crippen molar-refractivity contribution in [3.63, 3.8) is 0 Å². The lowest BCUT2D eigenvalue weighted by Gasteiger charge is -2.02. The minimum absolute atomic E-state index is 0.502. The predicted octanol–water partition coefficient (Wildman–Crippen LogP) is 3.29. The van der Waals surface area contributed by atoms with Crippen molar-refractivity contribution >= 4 is 6.29 Å². The van der Waals surface area contributed by atoms with Crippen molar-refractivity contribution in [3.05, 3.63) is 37.0 Å². The van der Waals surface area contributed by atoms with E-state index in [0.29, 0.717) is 5.92 Å². The van der Waals surface area contributed by atoms with Crippen molar-refractivity contribution in [1.29, 1.82) is 0 Å². The number of unbranched alkanes of at least 4 members (excludes halogenated alkanes) is 1. The lowest BCUT2D eigenvalue weighted by Crippen LogP contribution is -1.88. The number of rotatable bonds is 7. The van der Waals surface area contributed by atoms with Gasteiger partial charge in [0.25, 0.3) is 0 Å².